The van der Waals surface area contributed by atoms with Gasteiger partial charge in [0, 0.05) is 31.0 Å². The van der Waals surface area contributed by atoms with Gasteiger partial charge in [0.05, 0.1) is 18.1 Å². The first-order valence-corrected chi connectivity index (χ1v) is 10.3. The average molecular weight is 419 g/mol. The van der Waals surface area contributed by atoms with Crippen molar-refractivity contribution in [2.45, 2.75) is 19.3 Å². The van der Waals surface area contributed by atoms with Crippen LogP contribution in [0.3, 0.4) is 0 Å². The summed E-state index contributed by atoms with van der Waals surface area (Å²) in [6.45, 7) is 1.32. The highest BCUT2D eigenvalue weighted by Crippen LogP contribution is 2.20. The van der Waals surface area contributed by atoms with Crippen LogP contribution in [0.15, 0.2) is 54.9 Å². The number of aryl methyl sites for hydroxylation is 1. The van der Waals surface area contributed by atoms with Crippen molar-refractivity contribution >= 4 is 28.5 Å². The zero-order valence-corrected chi connectivity index (χ0v) is 17.4. The predicted molar refractivity (Wildman–Crippen MR) is 122 cm³/mol. The van der Waals surface area contributed by atoms with Crippen LogP contribution < -0.4 is 26.2 Å². The number of carbonyl (C=O) groups excluding carboxylic acids is 1. The number of nitrogens with zero attached hydrogens (tertiary/aromatic N) is 2. The second-order valence-electron chi connectivity index (χ2n) is 7.28. The van der Waals surface area contributed by atoms with Crippen LogP contribution in [0.5, 0.6) is 5.75 Å². The van der Waals surface area contributed by atoms with Gasteiger partial charge in [-0.15, -0.1) is 0 Å². The summed E-state index contributed by atoms with van der Waals surface area (Å²) >= 11 is 0. The van der Waals surface area contributed by atoms with Crippen LogP contribution in [-0.4, -0.2) is 36.2 Å². The number of para-hydroxylation sites is 1. The maximum atomic E-state index is 12.2. The minimum atomic E-state index is -0.264. The molecule has 0 unspecified atom stereocenters. The molecule has 3 aromatic rings. The Bertz CT molecular complexity index is 1100. The molecule has 2 aromatic heterocycles. The second-order valence-corrected chi connectivity index (χ2v) is 7.28. The number of rotatable bonds is 8. The Kier molecular flexibility index (Phi) is 6.59. The van der Waals surface area contributed by atoms with Crippen molar-refractivity contribution in [3.63, 3.8) is 0 Å². The molecule has 0 aliphatic carbocycles. The molecule has 0 radical (unpaired) electrons. The van der Waals surface area contributed by atoms with E-state index in [1.807, 2.05) is 42.7 Å². The van der Waals surface area contributed by atoms with Gasteiger partial charge in [0.2, 0.25) is 0 Å². The van der Waals surface area contributed by atoms with Crippen LogP contribution in [0.1, 0.15) is 24.0 Å². The van der Waals surface area contributed by atoms with Crippen molar-refractivity contribution in [3.05, 3.63) is 66.0 Å². The third-order valence-corrected chi connectivity index (χ3v) is 5.13. The van der Waals surface area contributed by atoms with Crippen LogP contribution in [0.25, 0.3) is 16.6 Å². The molecule has 4 N–H and O–H groups in total. The van der Waals surface area contributed by atoms with Crippen LogP contribution in [0.2, 0.25) is 0 Å². The van der Waals surface area contributed by atoms with Gasteiger partial charge in [0.25, 0.3) is 0 Å². The Hall–Kier alpha value is -3.65. The molecule has 8 nitrogen and oxygen atoms in total. The van der Waals surface area contributed by atoms with E-state index < -0.39 is 0 Å². The third kappa shape index (κ3) is 5.29. The average Bonchev–Trinajstić information content (AvgIpc) is 3.34. The first-order valence-electron chi connectivity index (χ1n) is 10.3. The first kappa shape index (κ1) is 20.6. The Morgan fingerprint density at radius 3 is 2.90 bits per heavy atom. The van der Waals surface area contributed by atoms with E-state index >= 15 is 0 Å². The number of aromatic nitrogens is 2. The number of methoxy groups -OCH3 is 1. The van der Waals surface area contributed by atoms with E-state index in [0.29, 0.717) is 12.4 Å². The van der Waals surface area contributed by atoms with E-state index in [1.165, 1.54) is 5.56 Å². The molecule has 0 saturated heterocycles. The molecule has 1 aliphatic rings. The lowest BCUT2D eigenvalue weighted by molar-refractivity contribution is 0.252. The van der Waals surface area contributed by atoms with E-state index in [4.69, 9.17) is 4.74 Å². The fourth-order valence-electron chi connectivity index (χ4n) is 3.49. The topological polar surface area (TPSA) is 100 Å². The minimum absolute atomic E-state index is 0.264. The number of benzene rings is 1. The Morgan fingerprint density at radius 1 is 1.16 bits per heavy atom. The fraction of sp³-hybridized carbons (Fsp3) is 0.261. The molecule has 160 valence electrons. The zero-order chi connectivity index (χ0) is 21.5. The fourth-order valence-corrected chi connectivity index (χ4v) is 3.49. The van der Waals surface area contributed by atoms with Gasteiger partial charge in [-0.1, -0.05) is 18.2 Å². The number of amides is 2. The molecule has 0 fully saturated rings. The number of urea groups is 1. The summed E-state index contributed by atoms with van der Waals surface area (Å²) in [5.41, 5.74) is 10.8. The number of nitrogens with one attached hydrogen (secondary N) is 4. The summed E-state index contributed by atoms with van der Waals surface area (Å²) in [6, 6.07) is 13.3. The molecule has 31 heavy (non-hydrogen) atoms. The molecular weight excluding hydrogens is 392 g/mol. The minimum Gasteiger partial charge on any atom is -0.496 e. The predicted octanol–water partition coefficient (Wildman–Crippen LogP) is 3.23. The van der Waals surface area contributed by atoms with Crippen molar-refractivity contribution in [1.82, 2.24) is 26.1 Å². The van der Waals surface area contributed by atoms with E-state index in [9.17, 15) is 4.79 Å². The van der Waals surface area contributed by atoms with Crippen LogP contribution >= 0.6 is 0 Å². The van der Waals surface area contributed by atoms with Crippen molar-refractivity contribution in [3.8, 4) is 5.75 Å². The van der Waals surface area contributed by atoms with E-state index in [2.05, 4.69) is 37.5 Å². The number of anilines is 1. The smallest absolute Gasteiger partial charge is 0.320 e. The van der Waals surface area contributed by atoms with Gasteiger partial charge in [0.1, 0.15) is 11.6 Å². The summed E-state index contributed by atoms with van der Waals surface area (Å²) in [4.78, 5) is 21.2. The Labute approximate surface area is 181 Å². The lowest BCUT2D eigenvalue weighted by Crippen LogP contribution is -2.29. The molecule has 0 spiro atoms. The molecule has 0 bridgehead atoms. The van der Waals surface area contributed by atoms with Crippen LogP contribution in [0, 0.1) is 0 Å². The number of hydrogen-bond donors (Lipinski definition) is 4. The lowest BCUT2D eigenvalue weighted by atomic mass is 10.1. The first-order chi connectivity index (χ1) is 15.2. The van der Waals surface area contributed by atoms with Gasteiger partial charge in [-0.2, -0.15) is 0 Å². The summed E-state index contributed by atoms with van der Waals surface area (Å²) in [5.74, 6) is 1.40. The highest BCUT2D eigenvalue weighted by Gasteiger charge is 2.10. The maximum absolute atomic E-state index is 12.2. The summed E-state index contributed by atoms with van der Waals surface area (Å²) in [6.07, 6.45) is 6.49. The molecular formula is C23H26N6O2. The van der Waals surface area contributed by atoms with Gasteiger partial charge < -0.3 is 15.5 Å². The van der Waals surface area contributed by atoms with Crippen molar-refractivity contribution in [1.29, 1.82) is 0 Å². The highest BCUT2D eigenvalue weighted by molar-refractivity contribution is 5.90. The number of fused-ring (bicyclic) bond motifs is 1. The molecule has 8 heteroatoms. The SMILES string of the molecule is COc1ccccc1CCCCNC(=O)Nc1ccc2ncc(C3=CNNC3)cc2n1. The summed E-state index contributed by atoms with van der Waals surface area (Å²) < 4.78 is 5.37. The number of hydrazine groups is 1. The van der Waals surface area contributed by atoms with Gasteiger partial charge in [-0.25, -0.2) is 15.2 Å². The molecule has 3 heterocycles. The van der Waals surface area contributed by atoms with Crippen molar-refractivity contribution < 1.29 is 9.53 Å². The zero-order valence-electron chi connectivity index (χ0n) is 17.4. The Morgan fingerprint density at radius 2 is 2.06 bits per heavy atom. The number of pyridine rings is 2. The lowest BCUT2D eigenvalue weighted by Gasteiger charge is -2.09. The quantitative estimate of drug-likeness (QED) is 0.419. The largest absolute Gasteiger partial charge is 0.496 e. The number of hydrogen-bond acceptors (Lipinski definition) is 6. The van der Waals surface area contributed by atoms with E-state index in [-0.39, 0.29) is 6.03 Å². The molecule has 4 rings (SSSR count). The number of unbranched alkanes of at least 4 members (excludes halogenated alkanes) is 1. The van der Waals surface area contributed by atoms with E-state index in [1.54, 1.807) is 13.2 Å². The monoisotopic (exact) mass is 418 g/mol. The normalized spacial score (nSPS) is 12.9. The molecule has 0 saturated carbocycles. The van der Waals surface area contributed by atoms with Crippen LogP contribution in [-0.2, 0) is 6.42 Å². The molecule has 0 atom stereocenters. The van der Waals surface area contributed by atoms with Gasteiger partial charge >= 0.3 is 6.03 Å². The van der Waals surface area contributed by atoms with Gasteiger partial charge in [-0.3, -0.25) is 10.3 Å². The second kappa shape index (κ2) is 9.90. The molecule has 1 aromatic carbocycles. The Balaban J connectivity index is 1.27. The molecule has 1 aliphatic heterocycles. The number of carbonyl (C=O) groups is 1. The van der Waals surface area contributed by atoms with Crippen molar-refractivity contribution in [2.24, 2.45) is 0 Å². The van der Waals surface area contributed by atoms with Crippen molar-refractivity contribution in [2.75, 3.05) is 25.5 Å². The highest BCUT2D eigenvalue weighted by atomic mass is 16.5. The number of ether oxygens (including phenoxy) is 1. The van der Waals surface area contributed by atoms with Gasteiger partial charge in [-0.05, 0) is 54.7 Å². The maximum Gasteiger partial charge on any atom is 0.320 e. The standard InChI is InChI=1S/C23H26N6O2/c1-31-21-8-3-2-6-16(21)7-4-5-11-24-23(30)29-22-10-9-19-20(28-22)12-17(13-25-19)18-14-26-27-15-18/h2-3,6,8-10,12-14,26-27H,4-5,7,11,15H2,1H3,(H2,24,28,29,30). The summed E-state index contributed by atoms with van der Waals surface area (Å²) in [7, 11) is 1.68. The summed E-state index contributed by atoms with van der Waals surface area (Å²) in [5, 5.41) is 5.69. The third-order valence-electron chi connectivity index (χ3n) is 5.13. The molecule has 2 amide bonds. The van der Waals surface area contributed by atoms with Gasteiger partial charge in [0.15, 0.2) is 0 Å². The van der Waals surface area contributed by atoms with E-state index in [0.717, 1.165) is 53.7 Å². The van der Waals surface area contributed by atoms with Crippen LogP contribution in [0.4, 0.5) is 10.6 Å².